The van der Waals surface area contributed by atoms with E-state index in [2.05, 4.69) is 10.3 Å². The van der Waals surface area contributed by atoms with Crippen molar-refractivity contribution < 1.29 is 14.3 Å². The molecule has 0 bridgehead atoms. The second-order valence-corrected chi connectivity index (χ2v) is 6.44. The van der Waals surface area contributed by atoms with Crippen LogP contribution in [0.15, 0.2) is 35.1 Å². The molecule has 0 unspecified atom stereocenters. The lowest BCUT2D eigenvalue weighted by Gasteiger charge is -2.29. The first-order valence-corrected chi connectivity index (χ1v) is 8.93. The number of para-hydroxylation sites is 1. The molecular formula is C18H21ClN4O4. The van der Waals surface area contributed by atoms with Crippen LogP contribution in [0, 0.1) is 0 Å². The lowest BCUT2D eigenvalue weighted by molar-refractivity contribution is -0.116. The van der Waals surface area contributed by atoms with Gasteiger partial charge < -0.3 is 19.7 Å². The maximum absolute atomic E-state index is 12.6. The highest BCUT2D eigenvalue weighted by molar-refractivity contribution is 6.33. The molecule has 0 saturated carbocycles. The normalized spacial score (nSPS) is 14.2. The van der Waals surface area contributed by atoms with Crippen molar-refractivity contribution in [2.75, 3.05) is 43.6 Å². The van der Waals surface area contributed by atoms with Crippen molar-refractivity contribution in [3.63, 3.8) is 0 Å². The van der Waals surface area contributed by atoms with E-state index in [9.17, 15) is 9.59 Å². The van der Waals surface area contributed by atoms with E-state index >= 15 is 0 Å². The molecule has 1 saturated heterocycles. The zero-order valence-corrected chi connectivity index (χ0v) is 15.7. The van der Waals surface area contributed by atoms with E-state index < -0.39 is 0 Å². The molecule has 1 amide bonds. The molecular weight excluding hydrogens is 372 g/mol. The molecule has 1 aliphatic rings. The number of anilines is 2. The van der Waals surface area contributed by atoms with E-state index in [1.165, 1.54) is 10.6 Å². The number of morpholine rings is 1. The summed E-state index contributed by atoms with van der Waals surface area (Å²) in [5, 5.41) is 3.16. The van der Waals surface area contributed by atoms with Crippen molar-refractivity contribution in [1.82, 2.24) is 9.55 Å². The van der Waals surface area contributed by atoms with Gasteiger partial charge in [0.15, 0.2) is 0 Å². The molecule has 1 aromatic heterocycles. The summed E-state index contributed by atoms with van der Waals surface area (Å²) in [5.41, 5.74) is 0.703. The summed E-state index contributed by atoms with van der Waals surface area (Å²) in [6.07, 6.45) is 0. The summed E-state index contributed by atoms with van der Waals surface area (Å²) < 4.78 is 11.8. The maximum Gasteiger partial charge on any atom is 0.255 e. The third kappa shape index (κ3) is 4.85. The first-order chi connectivity index (χ1) is 13.1. The average Bonchev–Trinajstić information content (AvgIpc) is 2.66. The van der Waals surface area contributed by atoms with Crippen LogP contribution in [0.5, 0.6) is 0 Å². The number of halogens is 1. The van der Waals surface area contributed by atoms with Crippen molar-refractivity contribution in [2.45, 2.75) is 13.2 Å². The Labute approximate surface area is 161 Å². The molecule has 0 radical (unpaired) electrons. The van der Waals surface area contributed by atoms with Crippen molar-refractivity contribution in [3.05, 3.63) is 51.4 Å². The van der Waals surface area contributed by atoms with Gasteiger partial charge in [-0.2, -0.15) is 0 Å². The number of hydrogen-bond acceptors (Lipinski definition) is 6. The largest absolute Gasteiger partial charge is 0.378 e. The topological polar surface area (TPSA) is 85.7 Å². The molecule has 0 aliphatic carbocycles. The summed E-state index contributed by atoms with van der Waals surface area (Å²) in [5.74, 6) is 0.0770. The Morgan fingerprint density at radius 1 is 1.33 bits per heavy atom. The molecule has 3 rings (SSSR count). The zero-order valence-electron chi connectivity index (χ0n) is 15.0. The monoisotopic (exact) mass is 392 g/mol. The number of nitrogens with one attached hydrogen (secondary N) is 1. The Kier molecular flexibility index (Phi) is 6.44. The van der Waals surface area contributed by atoms with Gasteiger partial charge in [-0.1, -0.05) is 23.7 Å². The molecule has 2 heterocycles. The second-order valence-electron chi connectivity index (χ2n) is 6.03. The van der Waals surface area contributed by atoms with Crippen LogP contribution in [0.4, 0.5) is 11.6 Å². The first-order valence-electron chi connectivity index (χ1n) is 8.55. The quantitative estimate of drug-likeness (QED) is 0.802. The molecule has 27 heavy (non-hydrogen) atoms. The van der Waals surface area contributed by atoms with Crippen LogP contribution in [0.1, 0.15) is 5.69 Å². The van der Waals surface area contributed by atoms with Gasteiger partial charge in [0.2, 0.25) is 11.9 Å². The summed E-state index contributed by atoms with van der Waals surface area (Å²) in [6.45, 7) is 2.31. The van der Waals surface area contributed by atoms with E-state index in [0.717, 1.165) is 0 Å². The molecule has 9 heteroatoms. The van der Waals surface area contributed by atoms with Gasteiger partial charge in [0.25, 0.3) is 5.56 Å². The standard InChI is InChI=1S/C18H21ClN4O4/c1-26-12-13-10-17(25)23(18(20-13)22-6-8-27-9-7-22)11-16(24)21-15-5-3-2-4-14(15)19/h2-5,10H,6-9,11-12H2,1H3,(H,21,24). The highest BCUT2D eigenvalue weighted by Crippen LogP contribution is 2.20. The molecule has 0 spiro atoms. The van der Waals surface area contributed by atoms with Crippen LogP contribution >= 0.6 is 11.6 Å². The van der Waals surface area contributed by atoms with Crippen LogP contribution in [0.2, 0.25) is 5.02 Å². The van der Waals surface area contributed by atoms with Crippen LogP contribution in [0.3, 0.4) is 0 Å². The van der Waals surface area contributed by atoms with Crippen molar-refractivity contribution in [3.8, 4) is 0 Å². The average molecular weight is 393 g/mol. The molecule has 1 aromatic carbocycles. The Balaban J connectivity index is 1.87. The Hall–Kier alpha value is -2.42. The summed E-state index contributed by atoms with van der Waals surface area (Å²) >= 11 is 6.08. The zero-order chi connectivity index (χ0) is 19.2. The predicted octanol–water partition coefficient (Wildman–Crippen LogP) is 1.52. The molecule has 8 nitrogen and oxygen atoms in total. The fourth-order valence-corrected chi connectivity index (χ4v) is 2.99. The third-order valence-corrected chi connectivity index (χ3v) is 4.41. The second kappa shape index (κ2) is 8.98. The smallest absolute Gasteiger partial charge is 0.255 e. The number of aromatic nitrogens is 2. The number of ether oxygens (including phenoxy) is 2. The van der Waals surface area contributed by atoms with E-state index in [4.69, 9.17) is 21.1 Å². The molecule has 1 N–H and O–H groups in total. The summed E-state index contributed by atoms with van der Waals surface area (Å²) in [7, 11) is 1.54. The number of carbonyl (C=O) groups excluding carboxylic acids is 1. The van der Waals surface area contributed by atoms with E-state index in [-0.39, 0.29) is 24.6 Å². The van der Waals surface area contributed by atoms with Crippen molar-refractivity contribution in [2.24, 2.45) is 0 Å². The number of carbonyl (C=O) groups is 1. The van der Waals surface area contributed by atoms with E-state index in [0.29, 0.717) is 48.7 Å². The van der Waals surface area contributed by atoms with Gasteiger partial charge in [0.1, 0.15) is 6.54 Å². The molecule has 144 valence electrons. The van der Waals surface area contributed by atoms with Gasteiger partial charge in [-0.25, -0.2) is 4.98 Å². The minimum atomic E-state index is -0.360. The van der Waals surface area contributed by atoms with E-state index in [1.807, 2.05) is 4.90 Å². The van der Waals surface area contributed by atoms with Gasteiger partial charge >= 0.3 is 0 Å². The lowest BCUT2D eigenvalue weighted by atomic mass is 10.3. The van der Waals surface area contributed by atoms with Gasteiger partial charge in [0.05, 0.1) is 36.2 Å². The molecule has 0 atom stereocenters. The van der Waals surface area contributed by atoms with Crippen molar-refractivity contribution in [1.29, 1.82) is 0 Å². The van der Waals surface area contributed by atoms with Gasteiger partial charge in [-0.3, -0.25) is 14.2 Å². The Morgan fingerprint density at radius 3 is 2.78 bits per heavy atom. The lowest BCUT2D eigenvalue weighted by Crippen LogP contribution is -2.42. The predicted molar refractivity (Wildman–Crippen MR) is 102 cm³/mol. The first kappa shape index (κ1) is 19.3. The Bertz CT molecular complexity index is 865. The van der Waals surface area contributed by atoms with Crippen LogP contribution in [0.25, 0.3) is 0 Å². The number of nitrogens with zero attached hydrogens (tertiary/aromatic N) is 3. The molecule has 1 fully saturated rings. The molecule has 2 aromatic rings. The highest BCUT2D eigenvalue weighted by Gasteiger charge is 2.20. The number of hydrogen-bond donors (Lipinski definition) is 1. The SMILES string of the molecule is COCc1cc(=O)n(CC(=O)Nc2ccccc2Cl)c(N2CCOCC2)n1. The summed E-state index contributed by atoms with van der Waals surface area (Å²) in [6, 6.07) is 8.32. The van der Waals surface area contributed by atoms with E-state index in [1.54, 1.807) is 31.4 Å². The molecule has 1 aliphatic heterocycles. The van der Waals surface area contributed by atoms with Crippen LogP contribution in [-0.4, -0.2) is 48.9 Å². The van der Waals surface area contributed by atoms with Crippen molar-refractivity contribution >= 4 is 29.1 Å². The Morgan fingerprint density at radius 2 is 2.07 bits per heavy atom. The third-order valence-electron chi connectivity index (χ3n) is 4.08. The van der Waals surface area contributed by atoms with Crippen LogP contribution in [-0.2, 0) is 27.4 Å². The summed E-state index contributed by atoms with van der Waals surface area (Å²) in [4.78, 5) is 31.6. The highest BCUT2D eigenvalue weighted by atomic mass is 35.5. The minimum absolute atomic E-state index is 0.170. The fourth-order valence-electron chi connectivity index (χ4n) is 2.81. The number of benzene rings is 1. The maximum atomic E-state index is 12.6. The van der Waals surface area contributed by atoms with Gasteiger partial charge in [-0.15, -0.1) is 0 Å². The number of rotatable bonds is 6. The van der Waals surface area contributed by atoms with Crippen LogP contribution < -0.4 is 15.8 Å². The van der Waals surface area contributed by atoms with Gasteiger partial charge in [0, 0.05) is 26.3 Å². The van der Waals surface area contributed by atoms with Gasteiger partial charge in [-0.05, 0) is 12.1 Å². The fraction of sp³-hybridized carbons (Fsp3) is 0.389. The number of amides is 1. The number of methoxy groups -OCH3 is 1. The minimum Gasteiger partial charge on any atom is -0.378 e.